The van der Waals surface area contributed by atoms with Crippen LogP contribution >= 0.6 is 0 Å². The fourth-order valence-electron chi connectivity index (χ4n) is 1.17. The number of nitro groups is 1. The van der Waals surface area contributed by atoms with Gasteiger partial charge in [-0.3, -0.25) is 10.1 Å². The predicted molar refractivity (Wildman–Crippen MR) is 58.4 cm³/mol. The molecule has 0 aliphatic heterocycles. The van der Waals surface area contributed by atoms with E-state index in [-0.39, 0.29) is 16.8 Å². The third-order valence-corrected chi connectivity index (χ3v) is 1.92. The van der Waals surface area contributed by atoms with E-state index in [1.165, 1.54) is 19.2 Å². The van der Waals surface area contributed by atoms with Crippen LogP contribution in [0.25, 0.3) is 0 Å². The van der Waals surface area contributed by atoms with Crippen LogP contribution < -0.4 is 0 Å². The maximum absolute atomic E-state index is 11.4. The topological polar surface area (TPSA) is 89.7 Å². The zero-order chi connectivity index (χ0) is 12.8. The molecule has 0 bridgehead atoms. The fraction of sp³-hybridized carbons (Fsp3) is 0.182. The summed E-state index contributed by atoms with van der Waals surface area (Å²) in [6.45, 7) is -0.399. The smallest absolute Gasteiger partial charge is 0.339 e. The van der Waals surface area contributed by atoms with Crippen molar-refractivity contribution in [3.63, 3.8) is 0 Å². The molecule has 1 N–H and O–H groups in total. The number of hydrogen-bond acceptors (Lipinski definition) is 5. The Morgan fingerprint density at radius 3 is 2.82 bits per heavy atom. The predicted octanol–water partition coefficient (Wildman–Crippen LogP) is 0.725. The van der Waals surface area contributed by atoms with E-state index in [0.717, 1.165) is 6.07 Å². The Kier molecular flexibility index (Phi) is 4.20. The van der Waals surface area contributed by atoms with Crippen LogP contribution in [-0.2, 0) is 4.74 Å². The van der Waals surface area contributed by atoms with Gasteiger partial charge < -0.3 is 9.84 Å². The van der Waals surface area contributed by atoms with Gasteiger partial charge in [0, 0.05) is 17.7 Å². The number of esters is 1. The molecule has 0 aliphatic rings. The van der Waals surface area contributed by atoms with E-state index in [4.69, 9.17) is 5.11 Å². The van der Waals surface area contributed by atoms with Crippen molar-refractivity contribution in [1.29, 1.82) is 0 Å². The van der Waals surface area contributed by atoms with E-state index < -0.39 is 17.5 Å². The van der Waals surface area contributed by atoms with Gasteiger partial charge in [0.15, 0.2) is 0 Å². The number of aliphatic hydroxyl groups excluding tert-OH is 1. The number of ether oxygens (including phenoxy) is 1. The van der Waals surface area contributed by atoms with Gasteiger partial charge in [0.05, 0.1) is 17.6 Å². The van der Waals surface area contributed by atoms with Crippen molar-refractivity contribution in [2.75, 3.05) is 13.7 Å². The maximum atomic E-state index is 11.4. The number of carbonyl (C=O) groups excluding carboxylic acids is 1. The molecule has 0 atom stereocenters. The Bertz CT molecular complexity index is 512. The first-order valence-corrected chi connectivity index (χ1v) is 4.56. The number of hydrogen-bond donors (Lipinski definition) is 1. The number of non-ortho nitro benzene ring substituents is 1. The minimum Gasteiger partial charge on any atom is -0.465 e. The van der Waals surface area contributed by atoms with Crippen molar-refractivity contribution in [2.24, 2.45) is 0 Å². The van der Waals surface area contributed by atoms with Gasteiger partial charge in [-0.05, 0) is 6.07 Å². The Morgan fingerprint density at radius 2 is 2.29 bits per heavy atom. The lowest BCUT2D eigenvalue weighted by molar-refractivity contribution is -0.384. The summed E-state index contributed by atoms with van der Waals surface area (Å²) in [4.78, 5) is 21.3. The number of nitrogens with zero attached hydrogens (tertiary/aromatic N) is 1. The second kappa shape index (κ2) is 5.63. The molecule has 0 fully saturated rings. The number of nitro benzene ring substituents is 1. The van der Waals surface area contributed by atoms with Crippen molar-refractivity contribution >= 4 is 11.7 Å². The molecule has 88 valence electrons. The third-order valence-electron chi connectivity index (χ3n) is 1.92. The van der Waals surface area contributed by atoms with E-state index in [0.29, 0.717) is 0 Å². The molecular formula is C11H9NO5. The van der Waals surface area contributed by atoms with Gasteiger partial charge in [-0.25, -0.2) is 4.79 Å². The number of methoxy groups -OCH3 is 1. The highest BCUT2D eigenvalue weighted by atomic mass is 16.6. The lowest BCUT2D eigenvalue weighted by atomic mass is 10.1. The summed E-state index contributed by atoms with van der Waals surface area (Å²) in [5, 5.41) is 19.1. The van der Waals surface area contributed by atoms with Crippen LogP contribution in [0.5, 0.6) is 0 Å². The number of rotatable bonds is 2. The quantitative estimate of drug-likeness (QED) is 0.353. The number of benzene rings is 1. The summed E-state index contributed by atoms with van der Waals surface area (Å²) in [7, 11) is 1.20. The van der Waals surface area contributed by atoms with E-state index >= 15 is 0 Å². The highest BCUT2D eigenvalue weighted by Crippen LogP contribution is 2.17. The van der Waals surface area contributed by atoms with Crippen LogP contribution in [0.2, 0.25) is 0 Å². The summed E-state index contributed by atoms with van der Waals surface area (Å²) >= 11 is 0. The molecule has 6 heteroatoms. The van der Waals surface area contributed by atoms with Crippen molar-refractivity contribution in [1.82, 2.24) is 0 Å². The molecule has 1 rings (SSSR count). The van der Waals surface area contributed by atoms with E-state index in [9.17, 15) is 14.9 Å². The molecular weight excluding hydrogens is 226 g/mol. The third kappa shape index (κ3) is 3.03. The van der Waals surface area contributed by atoms with Gasteiger partial charge in [-0.2, -0.15) is 0 Å². The molecule has 0 saturated heterocycles. The number of carbonyl (C=O) groups is 1. The molecule has 0 unspecified atom stereocenters. The van der Waals surface area contributed by atoms with Gasteiger partial charge >= 0.3 is 5.97 Å². The van der Waals surface area contributed by atoms with Crippen LogP contribution in [0.15, 0.2) is 18.2 Å². The van der Waals surface area contributed by atoms with Gasteiger partial charge in [-0.15, -0.1) is 0 Å². The zero-order valence-corrected chi connectivity index (χ0v) is 8.97. The first-order chi connectivity index (χ1) is 8.10. The summed E-state index contributed by atoms with van der Waals surface area (Å²) in [6.07, 6.45) is 0. The molecule has 0 heterocycles. The normalized spacial score (nSPS) is 9.06. The second-order valence-electron chi connectivity index (χ2n) is 2.94. The highest BCUT2D eigenvalue weighted by molar-refractivity contribution is 5.92. The van der Waals surface area contributed by atoms with Crippen LogP contribution in [0.4, 0.5) is 5.69 Å². The summed E-state index contributed by atoms with van der Waals surface area (Å²) in [5.41, 5.74) is 0.0963. The highest BCUT2D eigenvalue weighted by Gasteiger charge is 2.15. The van der Waals surface area contributed by atoms with Gasteiger partial charge in [0.25, 0.3) is 5.69 Å². The summed E-state index contributed by atoms with van der Waals surface area (Å²) < 4.78 is 4.52. The molecule has 1 aromatic rings. The SMILES string of the molecule is COC(=O)c1ccc([N+](=O)[O-])cc1C#CCO. The van der Waals surface area contributed by atoms with Crippen LogP contribution in [0, 0.1) is 22.0 Å². The van der Waals surface area contributed by atoms with Crippen molar-refractivity contribution < 1.29 is 19.6 Å². The lowest BCUT2D eigenvalue weighted by Crippen LogP contribution is -2.04. The second-order valence-corrected chi connectivity index (χ2v) is 2.94. The monoisotopic (exact) mass is 235 g/mol. The zero-order valence-electron chi connectivity index (χ0n) is 8.97. The standard InChI is InChI=1S/C11H9NO5/c1-17-11(14)10-5-4-9(12(15)16)7-8(10)3-2-6-13/h4-5,7,13H,6H2,1H3. The Balaban J connectivity index is 3.31. The Hall–Kier alpha value is -2.39. The van der Waals surface area contributed by atoms with Gasteiger partial charge in [0.2, 0.25) is 0 Å². The van der Waals surface area contributed by atoms with Crippen LogP contribution in [0.3, 0.4) is 0 Å². The Morgan fingerprint density at radius 1 is 1.59 bits per heavy atom. The fourth-order valence-corrected chi connectivity index (χ4v) is 1.17. The van der Waals surface area contributed by atoms with Crippen LogP contribution in [-0.4, -0.2) is 29.7 Å². The molecule has 0 amide bonds. The van der Waals surface area contributed by atoms with Crippen molar-refractivity contribution in [3.05, 3.63) is 39.4 Å². The molecule has 0 aromatic heterocycles. The van der Waals surface area contributed by atoms with Crippen molar-refractivity contribution in [2.45, 2.75) is 0 Å². The van der Waals surface area contributed by atoms with E-state index in [1.54, 1.807) is 0 Å². The van der Waals surface area contributed by atoms with Crippen LogP contribution in [0.1, 0.15) is 15.9 Å². The first-order valence-electron chi connectivity index (χ1n) is 4.56. The molecule has 0 aliphatic carbocycles. The average Bonchev–Trinajstić information content (AvgIpc) is 2.34. The molecule has 6 nitrogen and oxygen atoms in total. The molecule has 0 radical (unpaired) electrons. The van der Waals surface area contributed by atoms with Gasteiger partial charge in [-0.1, -0.05) is 11.8 Å². The number of aliphatic hydroxyl groups is 1. The minimum atomic E-state index is -0.637. The molecule has 0 spiro atoms. The van der Waals surface area contributed by atoms with E-state index in [1.807, 2.05) is 0 Å². The Labute approximate surface area is 97.0 Å². The summed E-state index contributed by atoms with van der Waals surface area (Å²) in [5.74, 6) is 4.16. The van der Waals surface area contributed by atoms with Gasteiger partial charge in [0.1, 0.15) is 6.61 Å². The average molecular weight is 235 g/mol. The summed E-state index contributed by atoms with van der Waals surface area (Å²) in [6, 6.07) is 3.62. The lowest BCUT2D eigenvalue weighted by Gasteiger charge is -2.02. The molecule has 0 saturated carbocycles. The molecule has 1 aromatic carbocycles. The minimum absolute atomic E-state index is 0.124. The van der Waals surface area contributed by atoms with Crippen molar-refractivity contribution in [3.8, 4) is 11.8 Å². The maximum Gasteiger partial charge on any atom is 0.339 e. The largest absolute Gasteiger partial charge is 0.465 e. The first kappa shape index (κ1) is 12.7. The van der Waals surface area contributed by atoms with E-state index in [2.05, 4.69) is 16.6 Å². The molecule has 17 heavy (non-hydrogen) atoms.